The number of carbonyl (C=O) groups is 1. The molecule has 0 bridgehead atoms. The average Bonchev–Trinajstić information content (AvgIpc) is 3.36. The lowest BCUT2D eigenvalue weighted by Crippen LogP contribution is -2.16. The van der Waals surface area contributed by atoms with Crippen LogP contribution in [-0.4, -0.2) is 21.6 Å². The first-order chi connectivity index (χ1) is 14.4. The summed E-state index contributed by atoms with van der Waals surface area (Å²) in [5.74, 6) is -0.361. The van der Waals surface area contributed by atoms with Crippen molar-refractivity contribution < 1.29 is 9.72 Å². The van der Waals surface area contributed by atoms with Gasteiger partial charge in [-0.15, -0.1) is 11.3 Å². The Morgan fingerprint density at radius 2 is 2.00 bits per heavy atom. The summed E-state index contributed by atoms with van der Waals surface area (Å²) >= 11 is 1.26. The number of nitro benzene ring substituents is 1. The zero-order valence-electron chi connectivity index (χ0n) is 16.3. The van der Waals surface area contributed by atoms with Gasteiger partial charge in [-0.3, -0.25) is 14.9 Å². The Hall–Kier alpha value is -3.78. The molecule has 0 saturated carbocycles. The number of amides is 1. The van der Waals surface area contributed by atoms with Crippen molar-refractivity contribution in [2.24, 2.45) is 5.10 Å². The van der Waals surface area contributed by atoms with Crippen molar-refractivity contribution in [1.29, 1.82) is 0 Å². The highest BCUT2D eigenvalue weighted by atomic mass is 32.1. The molecule has 8 heteroatoms. The van der Waals surface area contributed by atoms with Gasteiger partial charge in [0.1, 0.15) is 0 Å². The molecule has 2 aromatic heterocycles. The molecule has 1 N–H and O–H groups in total. The maximum absolute atomic E-state index is 12.5. The van der Waals surface area contributed by atoms with E-state index < -0.39 is 4.92 Å². The average molecular weight is 418 g/mol. The standard InChI is InChI=1S/C22H18N4O3S/c1-14-5-3-7-19(15(14)2)25-10-4-6-18(25)13-23-24-22(27)21-12-16-11-17(26(28)29)8-9-20(16)30-21/h3-13H,1-2H3,(H,24,27). The van der Waals surface area contributed by atoms with E-state index in [0.717, 1.165) is 16.1 Å². The highest BCUT2D eigenvalue weighted by molar-refractivity contribution is 7.20. The van der Waals surface area contributed by atoms with Crippen LogP contribution < -0.4 is 5.43 Å². The maximum Gasteiger partial charge on any atom is 0.281 e. The lowest BCUT2D eigenvalue weighted by molar-refractivity contribution is -0.384. The molecule has 0 radical (unpaired) electrons. The normalized spacial score (nSPS) is 11.3. The smallest absolute Gasteiger partial charge is 0.281 e. The predicted octanol–water partition coefficient (Wildman–Crippen LogP) is 4.98. The summed E-state index contributed by atoms with van der Waals surface area (Å²) in [6.45, 7) is 4.13. The van der Waals surface area contributed by atoms with Crippen molar-refractivity contribution in [3.63, 3.8) is 0 Å². The number of thiophene rings is 1. The van der Waals surface area contributed by atoms with E-state index >= 15 is 0 Å². The number of non-ortho nitro benzene ring substituents is 1. The number of benzene rings is 2. The predicted molar refractivity (Wildman–Crippen MR) is 119 cm³/mol. The minimum atomic E-state index is -0.452. The molecule has 0 unspecified atom stereocenters. The van der Waals surface area contributed by atoms with Crippen molar-refractivity contribution in [2.75, 3.05) is 0 Å². The minimum absolute atomic E-state index is 0.00233. The lowest BCUT2D eigenvalue weighted by Gasteiger charge is -2.11. The third kappa shape index (κ3) is 3.72. The molecule has 30 heavy (non-hydrogen) atoms. The molecule has 0 atom stereocenters. The fraction of sp³-hybridized carbons (Fsp3) is 0.0909. The zero-order valence-corrected chi connectivity index (χ0v) is 17.1. The van der Waals surface area contributed by atoms with Gasteiger partial charge in [0, 0.05) is 34.1 Å². The summed E-state index contributed by atoms with van der Waals surface area (Å²) in [6, 6.07) is 16.1. The Morgan fingerprint density at radius 1 is 1.17 bits per heavy atom. The van der Waals surface area contributed by atoms with E-state index in [2.05, 4.69) is 30.4 Å². The van der Waals surface area contributed by atoms with E-state index in [9.17, 15) is 14.9 Å². The summed E-state index contributed by atoms with van der Waals surface area (Å²) < 4.78 is 2.81. The van der Waals surface area contributed by atoms with Crippen LogP contribution in [0.1, 0.15) is 26.5 Å². The molecule has 150 valence electrons. The molecule has 0 saturated heterocycles. The van der Waals surface area contributed by atoms with E-state index in [1.807, 2.05) is 35.0 Å². The first-order valence-corrected chi connectivity index (χ1v) is 10.0. The number of hydrogen-bond donors (Lipinski definition) is 1. The summed E-state index contributed by atoms with van der Waals surface area (Å²) in [4.78, 5) is 23.4. The number of fused-ring (bicyclic) bond motifs is 1. The third-order valence-electron chi connectivity index (χ3n) is 4.91. The molecule has 2 aromatic carbocycles. The summed E-state index contributed by atoms with van der Waals surface area (Å²) in [7, 11) is 0. The Balaban J connectivity index is 1.52. The van der Waals surface area contributed by atoms with Gasteiger partial charge in [0.15, 0.2) is 0 Å². The maximum atomic E-state index is 12.5. The summed E-state index contributed by atoms with van der Waals surface area (Å²) in [6.07, 6.45) is 3.54. The van der Waals surface area contributed by atoms with E-state index in [1.54, 1.807) is 18.3 Å². The van der Waals surface area contributed by atoms with Gasteiger partial charge >= 0.3 is 0 Å². The van der Waals surface area contributed by atoms with Gasteiger partial charge in [-0.05, 0) is 55.3 Å². The zero-order chi connectivity index (χ0) is 21.3. The van der Waals surface area contributed by atoms with Gasteiger partial charge in [-0.25, -0.2) is 5.43 Å². The molecular formula is C22H18N4O3S. The van der Waals surface area contributed by atoms with Crippen LogP contribution >= 0.6 is 11.3 Å². The van der Waals surface area contributed by atoms with Crippen LogP contribution in [0.3, 0.4) is 0 Å². The second kappa shape index (κ2) is 7.92. The minimum Gasteiger partial charge on any atom is -0.315 e. The molecular weight excluding hydrogens is 400 g/mol. The molecule has 4 aromatic rings. The number of nitrogens with zero attached hydrogens (tertiary/aromatic N) is 3. The number of rotatable bonds is 5. The Kier molecular flexibility index (Phi) is 5.16. The number of nitro groups is 1. The molecule has 0 fully saturated rings. The fourth-order valence-corrected chi connectivity index (χ4v) is 4.12. The second-order valence-electron chi connectivity index (χ2n) is 6.81. The van der Waals surface area contributed by atoms with Crippen LogP contribution in [0.4, 0.5) is 5.69 Å². The molecule has 7 nitrogen and oxygen atoms in total. The highest BCUT2D eigenvalue weighted by Crippen LogP contribution is 2.29. The molecule has 0 aliphatic rings. The topological polar surface area (TPSA) is 89.5 Å². The van der Waals surface area contributed by atoms with Gasteiger partial charge in [0.25, 0.3) is 11.6 Å². The first kappa shape index (κ1) is 19.5. The molecule has 4 rings (SSSR count). The van der Waals surface area contributed by atoms with Gasteiger partial charge in [-0.2, -0.15) is 5.10 Å². The second-order valence-corrected chi connectivity index (χ2v) is 7.89. The number of nitrogens with one attached hydrogen (secondary N) is 1. The monoisotopic (exact) mass is 418 g/mol. The van der Waals surface area contributed by atoms with Crippen LogP contribution in [0.15, 0.2) is 65.9 Å². The lowest BCUT2D eigenvalue weighted by atomic mass is 10.1. The van der Waals surface area contributed by atoms with Crippen molar-refractivity contribution in [2.45, 2.75) is 13.8 Å². The van der Waals surface area contributed by atoms with Crippen LogP contribution in [0.2, 0.25) is 0 Å². The van der Waals surface area contributed by atoms with Crippen LogP contribution in [0.5, 0.6) is 0 Å². The number of aromatic nitrogens is 1. The Labute approximate surface area is 176 Å². The van der Waals surface area contributed by atoms with E-state index in [1.165, 1.54) is 34.6 Å². The van der Waals surface area contributed by atoms with E-state index in [-0.39, 0.29) is 11.6 Å². The number of carbonyl (C=O) groups excluding carboxylic acids is 1. The quantitative estimate of drug-likeness (QED) is 0.281. The Bertz CT molecular complexity index is 1300. The van der Waals surface area contributed by atoms with Crippen molar-refractivity contribution in [3.05, 3.63) is 92.6 Å². The molecule has 1 amide bonds. The fourth-order valence-electron chi connectivity index (χ4n) is 3.18. The molecule has 0 spiro atoms. The number of hydrogen-bond acceptors (Lipinski definition) is 5. The molecule has 0 aliphatic carbocycles. The summed E-state index contributed by atoms with van der Waals surface area (Å²) in [5, 5.41) is 15.7. The van der Waals surface area contributed by atoms with Crippen LogP contribution in [-0.2, 0) is 0 Å². The Morgan fingerprint density at radius 3 is 2.80 bits per heavy atom. The largest absolute Gasteiger partial charge is 0.315 e. The molecule has 0 aliphatic heterocycles. The van der Waals surface area contributed by atoms with Crippen LogP contribution in [0, 0.1) is 24.0 Å². The van der Waals surface area contributed by atoms with Crippen molar-refractivity contribution >= 4 is 39.2 Å². The van der Waals surface area contributed by atoms with Gasteiger partial charge in [0.2, 0.25) is 0 Å². The first-order valence-electron chi connectivity index (χ1n) is 9.19. The molecule has 2 heterocycles. The van der Waals surface area contributed by atoms with Crippen molar-refractivity contribution in [3.8, 4) is 5.69 Å². The van der Waals surface area contributed by atoms with Gasteiger partial charge < -0.3 is 4.57 Å². The van der Waals surface area contributed by atoms with E-state index in [4.69, 9.17) is 0 Å². The SMILES string of the molecule is Cc1cccc(-n2cccc2C=NNC(=O)c2cc3cc([N+](=O)[O-])ccc3s2)c1C. The number of aryl methyl sites for hydroxylation is 1. The summed E-state index contributed by atoms with van der Waals surface area (Å²) in [5.41, 5.74) is 6.79. The third-order valence-corrected chi connectivity index (χ3v) is 6.03. The van der Waals surface area contributed by atoms with Gasteiger partial charge in [0.05, 0.1) is 21.7 Å². The highest BCUT2D eigenvalue weighted by Gasteiger charge is 2.13. The van der Waals surface area contributed by atoms with Crippen LogP contribution in [0.25, 0.3) is 15.8 Å². The van der Waals surface area contributed by atoms with Gasteiger partial charge in [-0.1, -0.05) is 12.1 Å². The van der Waals surface area contributed by atoms with E-state index in [0.29, 0.717) is 10.3 Å². The number of hydrazone groups is 1. The van der Waals surface area contributed by atoms with Crippen molar-refractivity contribution in [1.82, 2.24) is 9.99 Å².